The number of benzene rings is 1. The zero-order chi connectivity index (χ0) is 16.7. The van der Waals surface area contributed by atoms with Gasteiger partial charge in [-0.05, 0) is 48.8 Å². The molecule has 3 atom stereocenters. The van der Waals surface area contributed by atoms with Crippen LogP contribution in [0.1, 0.15) is 49.1 Å². The topological polar surface area (TPSA) is 64.3 Å². The van der Waals surface area contributed by atoms with Gasteiger partial charge in [-0.25, -0.2) is 0 Å². The van der Waals surface area contributed by atoms with E-state index in [0.29, 0.717) is 0 Å². The second-order valence-electron chi connectivity index (χ2n) is 7.11. The van der Waals surface area contributed by atoms with Crippen LogP contribution in [0.25, 0.3) is 5.57 Å². The van der Waals surface area contributed by atoms with Gasteiger partial charge < -0.3 is 10.0 Å². The summed E-state index contributed by atoms with van der Waals surface area (Å²) in [4.78, 5) is 14.0. The first-order chi connectivity index (χ1) is 11.7. The van der Waals surface area contributed by atoms with Crippen LogP contribution in [0.15, 0.2) is 30.3 Å². The van der Waals surface area contributed by atoms with Crippen LogP contribution in [-0.4, -0.2) is 34.6 Å². The Hall–Kier alpha value is -2.12. The monoisotopic (exact) mass is 322 g/mol. The summed E-state index contributed by atoms with van der Waals surface area (Å²) >= 11 is 0. The Balaban J connectivity index is 1.56. The Labute approximate surface area is 142 Å². The minimum absolute atomic E-state index is 0.0459. The van der Waals surface area contributed by atoms with Crippen molar-refractivity contribution in [2.45, 2.75) is 50.1 Å². The number of hydrogen-bond donors (Lipinski definition) is 1. The van der Waals surface area contributed by atoms with E-state index in [9.17, 15) is 15.2 Å². The molecule has 1 N–H and O–H groups in total. The molecule has 0 radical (unpaired) electrons. The van der Waals surface area contributed by atoms with Crippen molar-refractivity contribution in [2.24, 2.45) is 5.92 Å². The number of carbonyl (C=O) groups excluding carboxylic acids is 1. The van der Waals surface area contributed by atoms with Gasteiger partial charge in [-0.2, -0.15) is 5.26 Å². The number of rotatable bonds is 4. The zero-order valence-corrected chi connectivity index (χ0v) is 13.7. The molecular formula is C20H22N2O2. The van der Waals surface area contributed by atoms with Crippen LogP contribution in [0.2, 0.25) is 0 Å². The molecule has 1 amide bonds. The van der Waals surface area contributed by atoms with E-state index in [1.807, 2.05) is 0 Å². The van der Waals surface area contributed by atoms with Crippen LogP contribution in [0.5, 0.6) is 0 Å². The number of hydrogen-bond acceptors (Lipinski definition) is 3. The highest BCUT2D eigenvalue weighted by atomic mass is 16.3. The SMILES string of the molecule is N#C[C@H]1[C@@H](c2ccc(C3=CCCC3)cc2)[C@H](CO)N1C(=O)C1CC1. The van der Waals surface area contributed by atoms with Gasteiger partial charge in [0.1, 0.15) is 6.04 Å². The molecule has 4 nitrogen and oxygen atoms in total. The van der Waals surface area contributed by atoms with E-state index in [2.05, 4.69) is 36.4 Å². The average molecular weight is 322 g/mol. The summed E-state index contributed by atoms with van der Waals surface area (Å²) in [6, 6.07) is 9.91. The van der Waals surface area contributed by atoms with Crippen molar-refractivity contribution in [1.29, 1.82) is 5.26 Å². The van der Waals surface area contributed by atoms with E-state index in [1.54, 1.807) is 4.90 Å². The molecule has 4 rings (SSSR count). The second kappa shape index (κ2) is 6.07. The van der Waals surface area contributed by atoms with E-state index in [0.717, 1.165) is 31.2 Å². The van der Waals surface area contributed by atoms with Crippen molar-refractivity contribution >= 4 is 11.5 Å². The molecule has 2 fully saturated rings. The third kappa shape index (κ3) is 2.44. The highest BCUT2D eigenvalue weighted by molar-refractivity contribution is 5.83. The number of carbonyl (C=O) groups is 1. The molecule has 124 valence electrons. The molecule has 24 heavy (non-hydrogen) atoms. The van der Waals surface area contributed by atoms with E-state index in [4.69, 9.17) is 0 Å². The molecule has 1 aliphatic heterocycles. The Morgan fingerprint density at radius 2 is 2.04 bits per heavy atom. The minimum Gasteiger partial charge on any atom is -0.394 e. The Kier molecular flexibility index (Phi) is 3.90. The standard InChI is InChI=1S/C20H22N2O2/c21-11-17-19(18(12-23)22(17)20(24)16-9-10-16)15-7-5-14(6-8-15)13-3-1-2-4-13/h3,5-8,16-19,23H,1-2,4,9-10,12H2/t17-,18-,19+/m0/s1. The summed E-state index contributed by atoms with van der Waals surface area (Å²) in [6.45, 7) is -0.0891. The molecule has 0 unspecified atom stereocenters. The molecular weight excluding hydrogens is 300 g/mol. The van der Waals surface area contributed by atoms with Gasteiger partial charge in [0.25, 0.3) is 0 Å². The lowest BCUT2D eigenvalue weighted by atomic mass is 9.75. The maximum Gasteiger partial charge on any atom is 0.227 e. The third-order valence-electron chi connectivity index (χ3n) is 5.62. The van der Waals surface area contributed by atoms with Gasteiger partial charge in [0.15, 0.2) is 0 Å². The van der Waals surface area contributed by atoms with Crippen LogP contribution >= 0.6 is 0 Å². The lowest BCUT2D eigenvalue weighted by molar-refractivity contribution is -0.148. The van der Waals surface area contributed by atoms with Crippen LogP contribution in [0, 0.1) is 17.2 Å². The quantitative estimate of drug-likeness (QED) is 0.927. The van der Waals surface area contributed by atoms with E-state index >= 15 is 0 Å². The van der Waals surface area contributed by atoms with Gasteiger partial charge in [-0.1, -0.05) is 30.3 Å². The highest BCUT2D eigenvalue weighted by Crippen LogP contribution is 2.44. The molecule has 2 aliphatic carbocycles. The molecule has 0 spiro atoms. The molecule has 1 aromatic carbocycles. The summed E-state index contributed by atoms with van der Waals surface area (Å²) in [5.41, 5.74) is 3.69. The summed E-state index contributed by atoms with van der Waals surface area (Å²) in [6.07, 6.45) is 7.64. The number of nitrogens with zero attached hydrogens (tertiary/aromatic N) is 2. The fourth-order valence-electron chi connectivity index (χ4n) is 4.10. The molecule has 3 aliphatic rings. The molecule has 1 aromatic rings. The van der Waals surface area contributed by atoms with Crippen molar-refractivity contribution in [2.75, 3.05) is 6.61 Å². The predicted molar refractivity (Wildman–Crippen MR) is 90.9 cm³/mol. The first-order valence-corrected chi connectivity index (χ1v) is 8.86. The van der Waals surface area contributed by atoms with Gasteiger partial charge in [-0.3, -0.25) is 4.79 Å². The third-order valence-corrected chi connectivity index (χ3v) is 5.62. The number of amides is 1. The Bertz CT molecular complexity index is 712. The number of likely N-dealkylation sites (tertiary alicyclic amines) is 1. The fourth-order valence-corrected chi connectivity index (χ4v) is 4.10. The molecule has 1 saturated heterocycles. The zero-order valence-electron chi connectivity index (χ0n) is 13.7. The molecule has 1 saturated carbocycles. The first kappa shape index (κ1) is 15.4. The van der Waals surface area contributed by atoms with Crippen LogP contribution in [-0.2, 0) is 4.79 Å². The molecule has 0 aromatic heterocycles. The highest BCUT2D eigenvalue weighted by Gasteiger charge is 2.53. The number of allylic oxidation sites excluding steroid dienone is 2. The van der Waals surface area contributed by atoms with Crippen molar-refractivity contribution < 1.29 is 9.90 Å². The molecule has 4 heteroatoms. The van der Waals surface area contributed by atoms with Crippen molar-refractivity contribution in [3.63, 3.8) is 0 Å². The fraction of sp³-hybridized carbons (Fsp3) is 0.500. The maximum atomic E-state index is 12.4. The smallest absolute Gasteiger partial charge is 0.227 e. The summed E-state index contributed by atoms with van der Waals surface area (Å²) in [5.74, 6) is 0.0337. The lowest BCUT2D eigenvalue weighted by Crippen LogP contribution is -2.65. The minimum atomic E-state index is -0.452. The van der Waals surface area contributed by atoms with Crippen LogP contribution in [0.3, 0.4) is 0 Å². The van der Waals surface area contributed by atoms with Gasteiger partial charge in [0.05, 0.1) is 18.7 Å². The largest absolute Gasteiger partial charge is 0.394 e. The molecule has 1 heterocycles. The van der Waals surface area contributed by atoms with Crippen molar-refractivity contribution in [3.8, 4) is 6.07 Å². The van der Waals surface area contributed by atoms with Gasteiger partial charge in [0.2, 0.25) is 5.91 Å². The normalized spacial score (nSPS) is 28.9. The maximum absolute atomic E-state index is 12.4. The average Bonchev–Trinajstić information content (AvgIpc) is 3.30. The Morgan fingerprint density at radius 3 is 2.58 bits per heavy atom. The van der Waals surface area contributed by atoms with Gasteiger partial charge in [-0.15, -0.1) is 0 Å². The van der Waals surface area contributed by atoms with Crippen molar-refractivity contribution in [1.82, 2.24) is 4.90 Å². The lowest BCUT2D eigenvalue weighted by Gasteiger charge is -2.51. The first-order valence-electron chi connectivity index (χ1n) is 8.86. The number of aliphatic hydroxyl groups is 1. The summed E-state index contributed by atoms with van der Waals surface area (Å²) < 4.78 is 0. The van der Waals surface area contributed by atoms with E-state index < -0.39 is 6.04 Å². The van der Waals surface area contributed by atoms with Gasteiger partial charge >= 0.3 is 0 Å². The predicted octanol–water partition coefficient (Wildman–Crippen LogP) is 2.84. The van der Waals surface area contributed by atoms with E-state index in [1.165, 1.54) is 17.6 Å². The Morgan fingerprint density at radius 1 is 1.29 bits per heavy atom. The number of aliphatic hydroxyl groups excluding tert-OH is 1. The van der Waals surface area contributed by atoms with Crippen molar-refractivity contribution in [3.05, 3.63) is 41.5 Å². The van der Waals surface area contributed by atoms with Gasteiger partial charge in [0, 0.05) is 11.8 Å². The second-order valence-corrected chi connectivity index (χ2v) is 7.11. The molecule has 0 bridgehead atoms. The van der Waals surface area contributed by atoms with Crippen LogP contribution < -0.4 is 0 Å². The summed E-state index contributed by atoms with van der Waals surface area (Å²) in [5, 5.41) is 19.3. The summed E-state index contributed by atoms with van der Waals surface area (Å²) in [7, 11) is 0. The van der Waals surface area contributed by atoms with E-state index in [-0.39, 0.29) is 30.4 Å². The number of nitriles is 1. The van der Waals surface area contributed by atoms with Crippen LogP contribution in [0.4, 0.5) is 0 Å².